The van der Waals surface area contributed by atoms with Crippen molar-refractivity contribution < 1.29 is 14.4 Å². The van der Waals surface area contributed by atoms with E-state index in [0.29, 0.717) is 28.6 Å². The second-order valence-corrected chi connectivity index (χ2v) is 7.18. The van der Waals surface area contributed by atoms with Gasteiger partial charge in [-0.1, -0.05) is 0 Å². The van der Waals surface area contributed by atoms with E-state index in [0.717, 1.165) is 0 Å². The molecule has 2 aromatic heterocycles. The third kappa shape index (κ3) is 5.85. The van der Waals surface area contributed by atoms with Gasteiger partial charge in [0.15, 0.2) is 5.13 Å². The van der Waals surface area contributed by atoms with E-state index in [-0.39, 0.29) is 23.8 Å². The highest BCUT2D eigenvalue weighted by Crippen LogP contribution is 2.18. The number of carbonyl (C=O) groups excluding carboxylic acids is 3. The number of hydrogen-bond acceptors (Lipinski definition) is 6. The Bertz CT molecular complexity index is 1120. The second-order valence-electron chi connectivity index (χ2n) is 6.32. The highest BCUT2D eigenvalue weighted by molar-refractivity contribution is 7.14. The van der Waals surface area contributed by atoms with Gasteiger partial charge >= 0.3 is 0 Å². The van der Waals surface area contributed by atoms with Crippen molar-refractivity contribution in [3.05, 3.63) is 69.6 Å². The lowest BCUT2D eigenvalue weighted by Crippen LogP contribution is -2.22. The van der Waals surface area contributed by atoms with Crippen molar-refractivity contribution in [1.82, 2.24) is 9.97 Å². The monoisotopic (exact) mass is 425 g/mol. The molecule has 30 heavy (non-hydrogen) atoms. The van der Waals surface area contributed by atoms with Crippen LogP contribution in [0.25, 0.3) is 0 Å². The first-order valence-electron chi connectivity index (χ1n) is 9.01. The number of pyridine rings is 1. The van der Waals surface area contributed by atoms with Gasteiger partial charge in [-0.3, -0.25) is 24.5 Å². The minimum Gasteiger partial charge on any atom is -0.328 e. The highest BCUT2D eigenvalue weighted by atomic mass is 32.1. The number of nitrogens with one attached hydrogen (secondary N) is 4. The first-order chi connectivity index (χ1) is 14.4. The topological polar surface area (TPSA) is 133 Å². The van der Waals surface area contributed by atoms with E-state index in [1.807, 2.05) is 0 Å². The molecule has 0 unspecified atom stereocenters. The number of amides is 3. The maximum Gasteiger partial charge on any atom is 0.263 e. The predicted molar refractivity (Wildman–Crippen MR) is 115 cm³/mol. The highest BCUT2D eigenvalue weighted by Gasteiger charge is 2.13. The number of hydrogen-bond donors (Lipinski definition) is 4. The summed E-state index contributed by atoms with van der Waals surface area (Å²) in [6.07, 6.45) is 2.06. The number of rotatable bonds is 7. The molecule has 0 radical (unpaired) electrons. The average molecular weight is 425 g/mol. The molecule has 0 saturated heterocycles. The van der Waals surface area contributed by atoms with Gasteiger partial charge in [-0.15, -0.1) is 11.3 Å². The van der Waals surface area contributed by atoms with Gasteiger partial charge in [0.25, 0.3) is 11.5 Å². The third-order valence-electron chi connectivity index (χ3n) is 3.93. The molecule has 0 fully saturated rings. The van der Waals surface area contributed by atoms with Gasteiger partial charge in [0.2, 0.25) is 11.8 Å². The maximum atomic E-state index is 12.1. The zero-order valence-corrected chi connectivity index (χ0v) is 16.8. The number of thiazole rings is 1. The smallest absolute Gasteiger partial charge is 0.263 e. The summed E-state index contributed by atoms with van der Waals surface area (Å²) < 4.78 is 0. The molecule has 1 aromatic carbocycles. The van der Waals surface area contributed by atoms with Crippen molar-refractivity contribution in [3.63, 3.8) is 0 Å². The summed E-state index contributed by atoms with van der Waals surface area (Å²) in [5, 5.41) is 10.1. The second kappa shape index (κ2) is 9.61. The standard InChI is InChI=1S/C20H19N5O4S/c1-12(26)22-13-4-6-14(7-5-13)23-17(27)9-8-15-11-30-20(24-15)25-19(29)16-3-2-10-21-18(16)28/h2-7,10-11H,8-9H2,1H3,(H,21,28)(H,22,26)(H,23,27)(H,24,25,29). The van der Waals surface area contributed by atoms with E-state index >= 15 is 0 Å². The predicted octanol–water partition coefficient (Wildman–Crippen LogP) is 2.61. The van der Waals surface area contributed by atoms with E-state index in [2.05, 4.69) is 25.9 Å². The zero-order valence-electron chi connectivity index (χ0n) is 16.0. The number of anilines is 3. The van der Waals surface area contributed by atoms with Crippen molar-refractivity contribution in [2.75, 3.05) is 16.0 Å². The van der Waals surface area contributed by atoms with Gasteiger partial charge < -0.3 is 15.6 Å². The molecule has 9 nitrogen and oxygen atoms in total. The maximum absolute atomic E-state index is 12.1. The Labute approximate surface area is 175 Å². The summed E-state index contributed by atoms with van der Waals surface area (Å²) in [5.74, 6) is -0.893. The zero-order chi connectivity index (χ0) is 21.5. The van der Waals surface area contributed by atoms with Crippen molar-refractivity contribution in [1.29, 1.82) is 0 Å². The van der Waals surface area contributed by atoms with Gasteiger partial charge in [-0.2, -0.15) is 0 Å². The van der Waals surface area contributed by atoms with Gasteiger partial charge in [0, 0.05) is 36.3 Å². The molecule has 3 rings (SSSR count). The fourth-order valence-electron chi connectivity index (χ4n) is 2.55. The summed E-state index contributed by atoms with van der Waals surface area (Å²) in [6.45, 7) is 1.42. The summed E-state index contributed by atoms with van der Waals surface area (Å²) in [4.78, 5) is 53.7. The molecular weight excluding hydrogens is 406 g/mol. The number of aromatic amines is 1. The van der Waals surface area contributed by atoms with Crippen LogP contribution in [0.1, 0.15) is 29.4 Å². The SMILES string of the molecule is CC(=O)Nc1ccc(NC(=O)CCc2csc(NC(=O)c3ccc[nH]c3=O)n2)cc1. The lowest BCUT2D eigenvalue weighted by molar-refractivity contribution is -0.116. The lowest BCUT2D eigenvalue weighted by Gasteiger charge is -2.06. The summed E-state index contributed by atoms with van der Waals surface area (Å²) in [6, 6.07) is 9.79. The minimum atomic E-state index is -0.543. The summed E-state index contributed by atoms with van der Waals surface area (Å²) in [5.41, 5.74) is 1.45. The number of aryl methyl sites for hydroxylation is 1. The molecule has 3 aromatic rings. The van der Waals surface area contributed by atoms with Crippen LogP contribution in [0, 0.1) is 0 Å². The van der Waals surface area contributed by atoms with Crippen molar-refractivity contribution in [2.24, 2.45) is 0 Å². The number of carbonyl (C=O) groups is 3. The van der Waals surface area contributed by atoms with Crippen LogP contribution in [0.15, 0.2) is 52.8 Å². The van der Waals surface area contributed by atoms with Crippen LogP contribution in [0.3, 0.4) is 0 Å². The van der Waals surface area contributed by atoms with E-state index in [1.54, 1.807) is 35.7 Å². The molecule has 0 bridgehead atoms. The number of aromatic nitrogens is 2. The third-order valence-corrected chi connectivity index (χ3v) is 4.74. The van der Waals surface area contributed by atoms with E-state index < -0.39 is 11.5 Å². The fraction of sp³-hybridized carbons (Fsp3) is 0.150. The Morgan fingerprint density at radius 1 is 1.03 bits per heavy atom. The first-order valence-corrected chi connectivity index (χ1v) is 9.89. The van der Waals surface area contributed by atoms with Gasteiger partial charge in [0.1, 0.15) is 5.56 Å². The van der Waals surface area contributed by atoms with Gasteiger partial charge in [-0.25, -0.2) is 4.98 Å². The number of H-pyrrole nitrogens is 1. The van der Waals surface area contributed by atoms with Crippen molar-refractivity contribution >= 4 is 45.6 Å². The molecule has 0 atom stereocenters. The van der Waals surface area contributed by atoms with Crippen LogP contribution < -0.4 is 21.5 Å². The van der Waals surface area contributed by atoms with E-state index in [1.165, 1.54) is 30.5 Å². The van der Waals surface area contributed by atoms with Crippen LogP contribution in [0.2, 0.25) is 0 Å². The van der Waals surface area contributed by atoms with Crippen LogP contribution in [-0.4, -0.2) is 27.7 Å². The first kappa shape index (κ1) is 20.9. The molecule has 0 spiro atoms. The molecular formula is C20H19N5O4S. The molecule has 0 aliphatic heterocycles. The quantitative estimate of drug-likeness (QED) is 0.462. The molecule has 3 amide bonds. The fourth-order valence-corrected chi connectivity index (χ4v) is 3.29. The summed E-state index contributed by atoms with van der Waals surface area (Å²) in [7, 11) is 0. The number of benzene rings is 1. The molecule has 154 valence electrons. The Morgan fingerprint density at radius 3 is 2.40 bits per heavy atom. The average Bonchev–Trinajstić information content (AvgIpc) is 3.15. The largest absolute Gasteiger partial charge is 0.328 e. The van der Waals surface area contributed by atoms with E-state index in [4.69, 9.17) is 0 Å². The lowest BCUT2D eigenvalue weighted by atomic mass is 10.2. The summed E-state index contributed by atoms with van der Waals surface area (Å²) >= 11 is 1.22. The Hall–Kier alpha value is -3.79. The van der Waals surface area contributed by atoms with E-state index in [9.17, 15) is 19.2 Å². The molecule has 0 saturated carbocycles. The molecule has 2 heterocycles. The Morgan fingerprint density at radius 2 is 1.73 bits per heavy atom. The Balaban J connectivity index is 1.49. The van der Waals surface area contributed by atoms with Crippen LogP contribution in [0.4, 0.5) is 16.5 Å². The van der Waals surface area contributed by atoms with Gasteiger partial charge in [-0.05, 0) is 42.8 Å². The van der Waals surface area contributed by atoms with Crippen LogP contribution in [0.5, 0.6) is 0 Å². The normalized spacial score (nSPS) is 10.3. The van der Waals surface area contributed by atoms with Crippen molar-refractivity contribution in [3.8, 4) is 0 Å². The van der Waals surface area contributed by atoms with Crippen LogP contribution >= 0.6 is 11.3 Å². The minimum absolute atomic E-state index is 0.00171. The van der Waals surface area contributed by atoms with Gasteiger partial charge in [0.05, 0.1) is 5.69 Å². The van der Waals surface area contributed by atoms with Crippen molar-refractivity contribution in [2.45, 2.75) is 19.8 Å². The Kier molecular flexibility index (Phi) is 6.71. The number of nitrogens with zero attached hydrogens (tertiary/aromatic N) is 1. The molecule has 0 aliphatic carbocycles. The van der Waals surface area contributed by atoms with Crippen LogP contribution in [-0.2, 0) is 16.0 Å². The molecule has 0 aliphatic rings. The molecule has 10 heteroatoms. The molecule has 4 N–H and O–H groups in total.